The van der Waals surface area contributed by atoms with Gasteiger partial charge in [0.05, 0.1) is 0 Å². The molecule has 13 aromatic carbocycles. The van der Waals surface area contributed by atoms with Crippen LogP contribution in [-0.2, 0) is 27.0 Å². The summed E-state index contributed by atoms with van der Waals surface area (Å²) in [6.07, 6.45) is 0. The van der Waals surface area contributed by atoms with Gasteiger partial charge in [-0.1, -0.05) is 252 Å². The Morgan fingerprint density at radius 2 is 0.496 bits per heavy atom. The first-order valence-corrected chi connectivity index (χ1v) is 37.0. The van der Waals surface area contributed by atoms with Crippen molar-refractivity contribution in [3.63, 3.8) is 0 Å². The molecule has 0 bridgehead atoms. The molecule has 115 heavy (non-hydrogen) atoms. The molecular weight excluding hydrogens is 1450 g/mol. The minimum Gasteiger partial charge on any atom is -1.00 e. The summed E-state index contributed by atoms with van der Waals surface area (Å²) in [5.41, 5.74) is 22.2. The molecule has 13 aromatic rings. The molecule has 18 rings (SSSR count). The third-order valence-corrected chi connectivity index (χ3v) is 21.2. The molecule has 18 heteroatoms. The number of hydrogen-bond donors (Lipinski definition) is 6. The number of nitrogens with two attached hydrogens (primary N) is 1. The number of anilines is 1. The van der Waals surface area contributed by atoms with Crippen LogP contribution in [0.15, 0.2) is 255 Å². The standard InChI is InChI=1S/2C17H18O2.C17H16.2C15H10O2.C14H9NO2.2CH3.2Li.Na.HO3P.H/c2*1-11-8-9-14-15(10-11)17(3,19)13-7-5-4-6-12(13)16(14,2)18;1-11-8-9-16-12(2)14-6-4-5-7-15(14)13(3)17(16)10-11;2*1-9-6-7-12-13(8-9)15(17)11-5-3-2-4-10(11)14(12)16;15-8-5-6-11-12(7-8)14(17)10-4-2-1-3-9(10)13(11)16;;;;;;1-4(2)3;/h2*4-10,18-19H,1-3H3;4-10H,1-3H3;2*2-8H,1H3;1-7H,15H2;2*1H3;;;;(H,1,2,3);/q;;;;;;2*-1;3*+1;;-1. The van der Waals surface area contributed by atoms with Gasteiger partial charge in [-0.3, -0.25) is 28.8 Å². The third kappa shape index (κ3) is 18.0. The van der Waals surface area contributed by atoms with Crippen LogP contribution in [0.25, 0.3) is 21.5 Å². The van der Waals surface area contributed by atoms with E-state index >= 15 is 0 Å². The van der Waals surface area contributed by atoms with E-state index in [9.17, 15) is 49.2 Å². The molecule has 0 heterocycles. The number of carbonyl (C=O) groups is 6. The van der Waals surface area contributed by atoms with Crippen LogP contribution in [0.3, 0.4) is 0 Å². The molecule has 0 aromatic heterocycles. The Hall–Kier alpha value is -9.75. The third-order valence-electron chi connectivity index (χ3n) is 21.2. The molecule has 5 aliphatic carbocycles. The quantitative estimate of drug-likeness (QED) is 0.0272. The fourth-order valence-corrected chi connectivity index (χ4v) is 15.5. The summed E-state index contributed by atoms with van der Waals surface area (Å²) in [5.74, 6) is -0.485. The second-order valence-electron chi connectivity index (χ2n) is 29.1. The van der Waals surface area contributed by atoms with E-state index < -0.39 is 30.7 Å². The molecule has 0 amide bonds. The second-order valence-corrected chi connectivity index (χ2v) is 29.6. The Balaban J connectivity index is 0.000000212. The average molecular weight is 1540 g/mol. The van der Waals surface area contributed by atoms with Crippen molar-refractivity contribution in [2.45, 2.75) is 98.6 Å². The molecule has 0 saturated carbocycles. The molecule has 7 N–H and O–H groups in total. The molecule has 14 nitrogen and oxygen atoms in total. The Morgan fingerprint density at radius 3 is 0.826 bits per heavy atom. The van der Waals surface area contributed by atoms with Crippen LogP contribution in [0.5, 0.6) is 0 Å². The molecule has 0 fully saturated rings. The van der Waals surface area contributed by atoms with Gasteiger partial charge in [-0.05, 0) is 188 Å². The summed E-state index contributed by atoms with van der Waals surface area (Å²) < 4.78 is 8.59. The van der Waals surface area contributed by atoms with Crippen molar-refractivity contribution in [3.05, 3.63) is 420 Å². The number of ketones is 6. The van der Waals surface area contributed by atoms with Gasteiger partial charge in [0.15, 0.2) is 34.7 Å². The first-order chi connectivity index (χ1) is 52.2. The van der Waals surface area contributed by atoms with Gasteiger partial charge in [0.2, 0.25) is 0 Å². The summed E-state index contributed by atoms with van der Waals surface area (Å²) in [6.45, 7) is 21.6. The Morgan fingerprint density at radius 1 is 0.287 bits per heavy atom. The number of aliphatic hydroxyl groups is 4. The maximum Gasteiger partial charge on any atom is 1.00 e. The zero-order valence-corrected chi connectivity index (χ0v) is 70.7. The Labute approximate surface area is 720 Å². The summed E-state index contributed by atoms with van der Waals surface area (Å²) >= 11 is 0. The van der Waals surface area contributed by atoms with Crippen LogP contribution in [0.4, 0.5) is 5.69 Å². The van der Waals surface area contributed by atoms with Gasteiger partial charge in [-0.15, -0.1) is 0 Å². The number of carbonyl (C=O) groups excluding carboxylic acids is 6. The van der Waals surface area contributed by atoms with Crippen LogP contribution in [0, 0.1) is 63.3 Å². The second kappa shape index (κ2) is 37.0. The number of nitrogen functional groups attached to an aromatic ring is 1. The number of hydrogen-bond acceptors (Lipinski definition) is 13. The molecule has 5 atom stereocenters. The van der Waals surface area contributed by atoms with E-state index in [1.54, 1.807) is 143 Å². The van der Waals surface area contributed by atoms with Crippen molar-refractivity contribution in [1.82, 2.24) is 0 Å². The van der Waals surface area contributed by atoms with Gasteiger partial charge >= 0.3 is 75.5 Å². The minimum absolute atomic E-state index is 0. The number of aryl methyl sites for hydroxylation is 7. The fraction of sp³-hybridized carbons (Fsp3) is 0.155. The molecule has 568 valence electrons. The van der Waals surface area contributed by atoms with Gasteiger partial charge in [0.1, 0.15) is 22.4 Å². The van der Waals surface area contributed by atoms with E-state index in [1.807, 2.05) is 125 Å². The Bertz CT molecular complexity index is 5610. The van der Waals surface area contributed by atoms with Gasteiger partial charge < -0.3 is 47.3 Å². The van der Waals surface area contributed by atoms with Crippen molar-refractivity contribution in [1.29, 1.82) is 0 Å². The number of benzene rings is 13. The van der Waals surface area contributed by atoms with Crippen LogP contribution >= 0.6 is 8.25 Å². The van der Waals surface area contributed by atoms with Crippen LogP contribution in [0.1, 0.15) is 208 Å². The van der Waals surface area contributed by atoms with Crippen molar-refractivity contribution in [2.75, 3.05) is 5.73 Å². The monoisotopic (exact) mass is 1540 g/mol. The normalized spacial score (nSPS) is 17.4. The van der Waals surface area contributed by atoms with E-state index in [2.05, 4.69) is 63.2 Å². The summed E-state index contributed by atoms with van der Waals surface area (Å²) in [5, 5.41) is 49.2. The largest absolute Gasteiger partial charge is 1.00 e. The van der Waals surface area contributed by atoms with Crippen LogP contribution in [0.2, 0.25) is 0 Å². The average Bonchev–Trinajstić information content (AvgIpc) is 0.716. The van der Waals surface area contributed by atoms with E-state index in [1.165, 1.54) is 38.2 Å². The molecular formula is C97H89Li2NNaO13P. The maximum absolute atomic E-state index is 12.3. The van der Waals surface area contributed by atoms with Gasteiger partial charge in [0.25, 0.3) is 0 Å². The zero-order chi connectivity index (χ0) is 79.2. The number of rotatable bonds is 0. The van der Waals surface area contributed by atoms with Crippen molar-refractivity contribution >= 4 is 70.2 Å². The fourth-order valence-electron chi connectivity index (χ4n) is 15.5. The smallest absolute Gasteiger partial charge is 1.00 e. The molecule has 0 saturated heterocycles. The molecule has 0 radical (unpaired) electrons. The topological polar surface area (TPSA) is 270 Å². The summed E-state index contributed by atoms with van der Waals surface area (Å²) in [7, 11) is -3.12. The van der Waals surface area contributed by atoms with Gasteiger partial charge in [-0.25, -0.2) is 0 Å². The van der Waals surface area contributed by atoms with Crippen LogP contribution in [-0.4, -0.2) is 60.0 Å². The summed E-state index contributed by atoms with van der Waals surface area (Å²) in [6, 6.07) is 78.6. The molecule has 0 aliphatic heterocycles. The Kier molecular flexibility index (Phi) is 29.8. The van der Waals surface area contributed by atoms with Crippen LogP contribution < -0.4 is 77.9 Å². The van der Waals surface area contributed by atoms with Crippen molar-refractivity contribution < 1.29 is 132 Å². The SMILES string of the molecule is Cc1ccc2c(C)c3ccccc3c(C)c2c1.Cc1ccc2c(c1)C(=O)c1ccccc1C2=O.Cc1ccc2c(c1)C(=O)c1ccccc1C2=O.Cc1ccc2c(c1)C(C)(O)c1ccccc1C2(C)O.Cc1ccc2c(c1)C(C)(O)c1ccccc1C2(C)O.Nc1ccc2c(c1)C(=O)c1ccccc1C2=O.O=[P+]([O-])O.[CH3-].[CH3-].[H-].[Li+].[Li+].[Na+]. The molecule has 0 spiro atoms. The first kappa shape index (κ1) is 92.4. The van der Waals surface area contributed by atoms with Crippen molar-refractivity contribution in [2.24, 2.45) is 0 Å². The first-order valence-electron chi connectivity index (χ1n) is 35.9. The van der Waals surface area contributed by atoms with Gasteiger partial charge in [0, 0.05) is 72.4 Å². The maximum atomic E-state index is 12.3. The van der Waals surface area contributed by atoms with Gasteiger partial charge in [-0.2, -0.15) is 4.89 Å². The molecule has 5 aliphatic rings. The van der Waals surface area contributed by atoms with E-state index in [0.717, 1.165) is 66.8 Å². The predicted octanol–water partition coefficient (Wildman–Crippen LogP) is 9.16. The van der Waals surface area contributed by atoms with E-state index in [-0.39, 0.29) is 118 Å². The predicted molar refractivity (Wildman–Crippen MR) is 442 cm³/mol. The zero-order valence-electron chi connectivity index (χ0n) is 68.8. The minimum atomic E-state index is -3.12. The van der Waals surface area contributed by atoms with Crippen molar-refractivity contribution in [3.8, 4) is 0 Å². The van der Waals surface area contributed by atoms with E-state index in [4.69, 9.17) is 20.1 Å². The van der Waals surface area contributed by atoms with E-state index in [0.29, 0.717) is 72.4 Å². The summed E-state index contributed by atoms with van der Waals surface area (Å²) in [4.78, 5) is 88.9. The molecule has 5 unspecified atom stereocenters. The number of fused-ring (bicyclic) bond motifs is 12.